The van der Waals surface area contributed by atoms with E-state index in [0.717, 1.165) is 28.2 Å². The van der Waals surface area contributed by atoms with Crippen LogP contribution in [0.4, 0.5) is 0 Å². The number of carbonyl (C=O) groups excluding carboxylic acids is 1. The van der Waals surface area contributed by atoms with Crippen molar-refractivity contribution in [1.29, 1.82) is 0 Å². The maximum absolute atomic E-state index is 12.2. The minimum atomic E-state index is -3.98. The van der Waals surface area contributed by atoms with Gasteiger partial charge in [-0.1, -0.05) is 37.3 Å². The third-order valence-corrected chi connectivity index (χ3v) is 5.62. The number of nitrogens with zero attached hydrogens (tertiary/aromatic N) is 3. The molecule has 3 aromatic rings. The van der Waals surface area contributed by atoms with Gasteiger partial charge >= 0.3 is 29.6 Å². The van der Waals surface area contributed by atoms with E-state index in [1.807, 2.05) is 48.9 Å². The summed E-state index contributed by atoms with van der Waals surface area (Å²) in [5.41, 5.74) is 4.56. The monoisotopic (exact) mass is 405 g/mol. The molecule has 1 aromatic heterocycles. The number of benzene rings is 2. The molecule has 0 radical (unpaired) electrons. The number of amides is 1. The van der Waals surface area contributed by atoms with Gasteiger partial charge in [0.1, 0.15) is 10.0 Å². The molecule has 0 spiro atoms. The van der Waals surface area contributed by atoms with Gasteiger partial charge in [-0.05, 0) is 50.1 Å². The first-order valence-electron chi connectivity index (χ1n) is 8.56. The van der Waals surface area contributed by atoms with Crippen molar-refractivity contribution in [3.8, 4) is 16.9 Å². The van der Waals surface area contributed by atoms with Gasteiger partial charge in [-0.25, -0.2) is 13.1 Å². The number of sulfonamides is 1. The largest absolute Gasteiger partial charge is 1.00 e. The van der Waals surface area contributed by atoms with Crippen molar-refractivity contribution >= 4 is 15.9 Å². The van der Waals surface area contributed by atoms with Crippen LogP contribution in [-0.2, 0) is 14.8 Å². The number of carbonyl (C=O) groups is 1. The Bertz CT molecular complexity index is 1080. The van der Waals surface area contributed by atoms with Crippen LogP contribution in [0.15, 0.2) is 59.5 Å². The van der Waals surface area contributed by atoms with E-state index in [0.29, 0.717) is 0 Å². The van der Waals surface area contributed by atoms with Gasteiger partial charge in [-0.15, -0.1) is 0 Å². The fourth-order valence-corrected chi connectivity index (χ4v) is 3.72. The summed E-state index contributed by atoms with van der Waals surface area (Å²) >= 11 is 0. The van der Waals surface area contributed by atoms with Crippen LogP contribution in [0.3, 0.4) is 0 Å². The SMILES string of the molecule is CCC(=O)[N-]S(=O)(=O)c1ccc(-c2c(C)c(C)nn2-c2ccccc2)cc1.[Na+]. The van der Waals surface area contributed by atoms with Crippen LogP contribution in [0.2, 0.25) is 0 Å². The van der Waals surface area contributed by atoms with Crippen LogP contribution < -0.4 is 29.6 Å². The minimum absolute atomic E-state index is 0. The number of hydrogen-bond donors (Lipinski definition) is 0. The number of hydrogen-bond acceptors (Lipinski definition) is 4. The molecule has 0 N–H and O–H groups in total. The summed E-state index contributed by atoms with van der Waals surface area (Å²) in [6, 6.07) is 16.1. The fourth-order valence-electron chi connectivity index (χ4n) is 2.74. The smallest absolute Gasteiger partial charge is 0.542 e. The van der Waals surface area contributed by atoms with E-state index >= 15 is 0 Å². The maximum atomic E-state index is 12.2. The molecule has 0 aliphatic carbocycles. The van der Waals surface area contributed by atoms with E-state index < -0.39 is 15.9 Å². The quantitative estimate of drug-likeness (QED) is 0.597. The standard InChI is InChI=1S/C20H21N3O3S.Na/c1-4-19(24)22-27(25,26)18-12-10-16(11-13-18)20-14(2)15(3)21-23(20)17-8-6-5-7-9-17;/h5-13H,4H2,1-3H3,(H,22,24);/q;+1/p-1. The van der Waals surface area contributed by atoms with E-state index in [4.69, 9.17) is 0 Å². The van der Waals surface area contributed by atoms with E-state index in [1.165, 1.54) is 12.1 Å². The number of para-hydroxylation sites is 1. The number of aromatic nitrogens is 2. The topological polar surface area (TPSA) is 83.1 Å². The summed E-state index contributed by atoms with van der Waals surface area (Å²) in [6.07, 6.45) is 0.0477. The van der Waals surface area contributed by atoms with E-state index in [9.17, 15) is 13.2 Å². The third kappa shape index (κ3) is 4.55. The van der Waals surface area contributed by atoms with Crippen LogP contribution in [0.1, 0.15) is 24.6 Å². The molecule has 0 aliphatic rings. The second-order valence-corrected chi connectivity index (χ2v) is 7.75. The Hall–Kier alpha value is -1.93. The summed E-state index contributed by atoms with van der Waals surface area (Å²) in [7, 11) is -3.98. The molecule has 1 amide bonds. The molecule has 140 valence electrons. The second-order valence-electron chi connectivity index (χ2n) is 6.14. The average Bonchev–Trinajstić information content (AvgIpc) is 2.97. The van der Waals surface area contributed by atoms with Gasteiger partial charge in [0.25, 0.3) is 0 Å². The van der Waals surface area contributed by atoms with Crippen molar-refractivity contribution in [2.24, 2.45) is 0 Å². The Morgan fingerprint density at radius 3 is 2.21 bits per heavy atom. The van der Waals surface area contributed by atoms with Crippen LogP contribution in [0.25, 0.3) is 21.7 Å². The van der Waals surface area contributed by atoms with E-state index in [-0.39, 0.29) is 40.9 Å². The Morgan fingerprint density at radius 1 is 1.04 bits per heavy atom. The minimum Gasteiger partial charge on any atom is -0.542 e. The molecule has 0 fully saturated rings. The van der Waals surface area contributed by atoms with Crippen LogP contribution in [-0.4, -0.2) is 24.1 Å². The Labute approximate surface area is 187 Å². The van der Waals surface area contributed by atoms with Crippen molar-refractivity contribution in [2.75, 3.05) is 0 Å². The van der Waals surface area contributed by atoms with Gasteiger partial charge in [0, 0.05) is 5.56 Å². The van der Waals surface area contributed by atoms with Gasteiger partial charge in [0.15, 0.2) is 0 Å². The van der Waals surface area contributed by atoms with Gasteiger partial charge in [-0.3, -0.25) is 0 Å². The molecule has 0 aliphatic heterocycles. The van der Waals surface area contributed by atoms with Gasteiger partial charge in [-0.2, -0.15) is 5.10 Å². The first kappa shape index (κ1) is 22.4. The molecule has 0 atom stereocenters. The average molecular weight is 405 g/mol. The summed E-state index contributed by atoms with van der Waals surface area (Å²) in [6.45, 7) is 5.49. The van der Waals surface area contributed by atoms with Crippen molar-refractivity contribution in [1.82, 2.24) is 9.78 Å². The zero-order chi connectivity index (χ0) is 19.6. The van der Waals surface area contributed by atoms with Crippen LogP contribution in [0.5, 0.6) is 0 Å². The summed E-state index contributed by atoms with van der Waals surface area (Å²) in [5.74, 6) is -0.660. The molecule has 0 bridgehead atoms. The Kier molecular flexibility index (Phi) is 7.22. The van der Waals surface area contributed by atoms with Gasteiger partial charge in [0.2, 0.25) is 0 Å². The van der Waals surface area contributed by atoms with Crippen molar-refractivity contribution in [3.05, 3.63) is 70.6 Å². The zero-order valence-corrected chi connectivity index (χ0v) is 19.2. The zero-order valence-electron chi connectivity index (χ0n) is 16.4. The summed E-state index contributed by atoms with van der Waals surface area (Å²) < 4.78 is 29.6. The first-order chi connectivity index (χ1) is 12.8. The number of aryl methyl sites for hydroxylation is 1. The maximum Gasteiger partial charge on any atom is 1.00 e. The third-order valence-electron chi connectivity index (χ3n) is 4.31. The molecule has 0 saturated carbocycles. The Morgan fingerprint density at radius 2 is 1.64 bits per heavy atom. The van der Waals surface area contributed by atoms with E-state index in [2.05, 4.69) is 9.82 Å². The van der Waals surface area contributed by atoms with Crippen molar-refractivity contribution < 1.29 is 42.8 Å². The van der Waals surface area contributed by atoms with Crippen LogP contribution in [0, 0.1) is 13.8 Å². The molecule has 8 heteroatoms. The molecule has 3 rings (SSSR count). The number of rotatable bonds is 5. The molecule has 1 heterocycles. The molecule has 0 unspecified atom stereocenters. The molecule has 0 saturated heterocycles. The predicted octanol–water partition coefficient (Wildman–Crippen LogP) is 1.16. The Balaban J connectivity index is 0.00000280. The molecular formula is C20H20N3NaO3S. The first-order valence-corrected chi connectivity index (χ1v) is 10.0. The van der Waals surface area contributed by atoms with Crippen LogP contribution >= 0.6 is 0 Å². The predicted molar refractivity (Wildman–Crippen MR) is 104 cm³/mol. The normalized spacial score (nSPS) is 11.0. The molecule has 28 heavy (non-hydrogen) atoms. The molecule has 2 aromatic carbocycles. The summed E-state index contributed by atoms with van der Waals surface area (Å²) in [5, 5.41) is 4.61. The molecule has 6 nitrogen and oxygen atoms in total. The van der Waals surface area contributed by atoms with Gasteiger partial charge in [0.05, 0.1) is 27.9 Å². The summed E-state index contributed by atoms with van der Waals surface area (Å²) in [4.78, 5) is 11.4. The van der Waals surface area contributed by atoms with E-state index in [1.54, 1.807) is 19.1 Å². The van der Waals surface area contributed by atoms with Crippen molar-refractivity contribution in [3.63, 3.8) is 0 Å². The van der Waals surface area contributed by atoms with Crippen molar-refractivity contribution in [2.45, 2.75) is 32.1 Å². The second kappa shape index (κ2) is 9.05. The molecular weight excluding hydrogens is 385 g/mol. The fraction of sp³-hybridized carbons (Fsp3) is 0.200. The van der Waals surface area contributed by atoms with Gasteiger partial charge < -0.3 is 9.52 Å².